The van der Waals surface area contributed by atoms with E-state index in [1.165, 1.54) is 0 Å². The van der Waals surface area contributed by atoms with Crippen molar-refractivity contribution >= 4 is 5.91 Å². The molecule has 5 nitrogen and oxygen atoms in total. The Morgan fingerprint density at radius 2 is 2.14 bits per heavy atom. The first-order chi connectivity index (χ1) is 6.74. The summed E-state index contributed by atoms with van der Waals surface area (Å²) in [7, 11) is 0. The first kappa shape index (κ1) is 11.4. The predicted molar refractivity (Wildman–Crippen MR) is 51.7 cm³/mol. The second kappa shape index (κ2) is 5.95. The van der Waals surface area contributed by atoms with Crippen LogP contribution in [0.1, 0.15) is 12.8 Å². The number of carbonyl (C=O) groups excluding carboxylic acids is 1. The average molecular weight is 202 g/mol. The van der Waals surface area contributed by atoms with E-state index in [1.54, 1.807) is 0 Å². The number of piperidine rings is 1. The van der Waals surface area contributed by atoms with Crippen molar-refractivity contribution in [3.63, 3.8) is 0 Å². The van der Waals surface area contributed by atoms with E-state index in [0.717, 1.165) is 25.9 Å². The highest BCUT2D eigenvalue weighted by Crippen LogP contribution is 2.10. The van der Waals surface area contributed by atoms with Crippen LogP contribution in [-0.4, -0.2) is 48.5 Å². The van der Waals surface area contributed by atoms with Gasteiger partial charge in [-0.1, -0.05) is 0 Å². The van der Waals surface area contributed by atoms with E-state index in [2.05, 4.69) is 10.6 Å². The standard InChI is InChI=1S/C9H18N2O3/c12-6-8(13)5-11-9(14)7-1-3-10-4-2-7/h7-8,10,12-13H,1-6H2,(H,11,14). The summed E-state index contributed by atoms with van der Waals surface area (Å²) < 4.78 is 0. The lowest BCUT2D eigenvalue weighted by atomic mass is 9.97. The van der Waals surface area contributed by atoms with Crippen LogP contribution in [0.4, 0.5) is 0 Å². The molecular formula is C9H18N2O3. The van der Waals surface area contributed by atoms with Crippen molar-refractivity contribution < 1.29 is 15.0 Å². The van der Waals surface area contributed by atoms with Crippen LogP contribution in [0.5, 0.6) is 0 Å². The molecule has 5 heteroatoms. The topological polar surface area (TPSA) is 81.6 Å². The van der Waals surface area contributed by atoms with Crippen LogP contribution in [0.25, 0.3) is 0 Å². The first-order valence-electron chi connectivity index (χ1n) is 5.01. The second-order valence-corrected chi connectivity index (χ2v) is 3.61. The van der Waals surface area contributed by atoms with Gasteiger partial charge in [-0.05, 0) is 25.9 Å². The number of hydrogen-bond acceptors (Lipinski definition) is 4. The Hall–Kier alpha value is -0.650. The Balaban J connectivity index is 2.19. The number of amides is 1. The highest BCUT2D eigenvalue weighted by molar-refractivity contribution is 5.78. The van der Waals surface area contributed by atoms with Gasteiger partial charge in [0.25, 0.3) is 0 Å². The van der Waals surface area contributed by atoms with Gasteiger partial charge in [0.15, 0.2) is 0 Å². The summed E-state index contributed by atoms with van der Waals surface area (Å²) in [6.45, 7) is 1.58. The zero-order valence-electron chi connectivity index (χ0n) is 8.20. The zero-order chi connectivity index (χ0) is 10.4. The molecule has 1 atom stereocenters. The zero-order valence-corrected chi connectivity index (χ0v) is 8.20. The third kappa shape index (κ3) is 3.61. The maximum atomic E-state index is 11.5. The molecule has 1 rings (SSSR count). The Morgan fingerprint density at radius 3 is 2.71 bits per heavy atom. The quantitative estimate of drug-likeness (QED) is 0.445. The molecule has 0 saturated carbocycles. The van der Waals surface area contributed by atoms with Crippen LogP contribution in [-0.2, 0) is 4.79 Å². The second-order valence-electron chi connectivity index (χ2n) is 3.61. The summed E-state index contributed by atoms with van der Waals surface area (Å²) in [5.74, 6) is 0.0427. The minimum absolute atomic E-state index is 0.0148. The van der Waals surface area contributed by atoms with E-state index in [-0.39, 0.29) is 25.0 Å². The molecule has 4 N–H and O–H groups in total. The Kier molecular flexibility index (Phi) is 4.86. The molecule has 14 heavy (non-hydrogen) atoms. The predicted octanol–water partition coefficient (Wildman–Crippen LogP) is -1.54. The third-order valence-corrected chi connectivity index (χ3v) is 2.43. The largest absolute Gasteiger partial charge is 0.394 e. The summed E-state index contributed by atoms with van der Waals surface area (Å²) in [4.78, 5) is 11.5. The van der Waals surface area contributed by atoms with Crippen molar-refractivity contribution in [3.05, 3.63) is 0 Å². The van der Waals surface area contributed by atoms with Crippen molar-refractivity contribution in [1.82, 2.24) is 10.6 Å². The summed E-state index contributed by atoms with van der Waals surface area (Å²) in [5.41, 5.74) is 0. The SMILES string of the molecule is O=C(NCC(O)CO)C1CCNCC1. The molecule has 0 aromatic heterocycles. The lowest BCUT2D eigenvalue weighted by molar-refractivity contribution is -0.126. The minimum atomic E-state index is -0.847. The molecule has 1 aliphatic rings. The van der Waals surface area contributed by atoms with E-state index >= 15 is 0 Å². The Bertz CT molecular complexity index is 181. The molecule has 1 amide bonds. The highest BCUT2D eigenvalue weighted by atomic mass is 16.3. The summed E-state index contributed by atoms with van der Waals surface area (Å²) in [6, 6.07) is 0. The number of hydrogen-bond donors (Lipinski definition) is 4. The summed E-state index contributed by atoms with van der Waals surface area (Å²) in [5, 5.41) is 23.4. The fraction of sp³-hybridized carbons (Fsp3) is 0.889. The first-order valence-corrected chi connectivity index (χ1v) is 5.01. The molecule has 1 aliphatic heterocycles. The average Bonchev–Trinajstić information content (AvgIpc) is 2.26. The molecule has 0 aliphatic carbocycles. The molecule has 1 saturated heterocycles. The molecule has 0 spiro atoms. The van der Waals surface area contributed by atoms with Gasteiger partial charge in [-0.3, -0.25) is 4.79 Å². The molecule has 82 valence electrons. The normalized spacial score (nSPS) is 20.4. The Labute approximate surface area is 83.5 Å². The van der Waals surface area contributed by atoms with Gasteiger partial charge in [0, 0.05) is 12.5 Å². The number of aliphatic hydroxyl groups is 2. The summed E-state index contributed by atoms with van der Waals surface area (Å²) in [6.07, 6.45) is 0.850. The molecule has 0 aromatic rings. The van der Waals surface area contributed by atoms with Crippen molar-refractivity contribution in [2.45, 2.75) is 18.9 Å². The molecule has 0 bridgehead atoms. The van der Waals surface area contributed by atoms with Gasteiger partial charge in [-0.25, -0.2) is 0 Å². The smallest absolute Gasteiger partial charge is 0.223 e. The highest BCUT2D eigenvalue weighted by Gasteiger charge is 2.20. The minimum Gasteiger partial charge on any atom is -0.394 e. The molecule has 1 unspecified atom stereocenters. The van der Waals surface area contributed by atoms with Gasteiger partial charge in [-0.15, -0.1) is 0 Å². The number of nitrogens with one attached hydrogen (secondary N) is 2. The van der Waals surface area contributed by atoms with Gasteiger partial charge < -0.3 is 20.8 Å². The van der Waals surface area contributed by atoms with Crippen molar-refractivity contribution in [2.75, 3.05) is 26.2 Å². The lowest BCUT2D eigenvalue weighted by Crippen LogP contribution is -2.41. The van der Waals surface area contributed by atoms with Crippen molar-refractivity contribution in [1.29, 1.82) is 0 Å². The van der Waals surface area contributed by atoms with Gasteiger partial charge in [0.05, 0.1) is 12.7 Å². The van der Waals surface area contributed by atoms with E-state index < -0.39 is 6.10 Å². The van der Waals surface area contributed by atoms with E-state index in [1.807, 2.05) is 0 Å². The van der Waals surface area contributed by atoms with Gasteiger partial charge in [0.2, 0.25) is 5.91 Å². The fourth-order valence-electron chi connectivity index (χ4n) is 1.51. The third-order valence-electron chi connectivity index (χ3n) is 2.43. The van der Waals surface area contributed by atoms with Crippen LogP contribution < -0.4 is 10.6 Å². The van der Waals surface area contributed by atoms with E-state index in [4.69, 9.17) is 10.2 Å². The van der Waals surface area contributed by atoms with E-state index in [0.29, 0.717) is 0 Å². The van der Waals surface area contributed by atoms with Gasteiger partial charge in [-0.2, -0.15) is 0 Å². The number of carbonyl (C=O) groups is 1. The summed E-state index contributed by atoms with van der Waals surface area (Å²) >= 11 is 0. The van der Waals surface area contributed by atoms with E-state index in [9.17, 15) is 4.79 Å². The Morgan fingerprint density at radius 1 is 1.50 bits per heavy atom. The molecule has 0 aromatic carbocycles. The van der Waals surface area contributed by atoms with Crippen molar-refractivity contribution in [2.24, 2.45) is 5.92 Å². The number of rotatable bonds is 4. The molecular weight excluding hydrogens is 184 g/mol. The maximum Gasteiger partial charge on any atom is 0.223 e. The van der Waals surface area contributed by atoms with Gasteiger partial charge in [0.1, 0.15) is 0 Å². The van der Waals surface area contributed by atoms with Crippen molar-refractivity contribution in [3.8, 4) is 0 Å². The fourth-order valence-corrected chi connectivity index (χ4v) is 1.51. The molecule has 1 fully saturated rings. The maximum absolute atomic E-state index is 11.5. The van der Waals surface area contributed by atoms with Crippen LogP contribution in [0.3, 0.4) is 0 Å². The van der Waals surface area contributed by atoms with Crippen LogP contribution >= 0.6 is 0 Å². The monoisotopic (exact) mass is 202 g/mol. The number of aliphatic hydroxyl groups excluding tert-OH is 2. The molecule has 0 radical (unpaired) electrons. The van der Waals surface area contributed by atoms with Crippen LogP contribution in [0.2, 0.25) is 0 Å². The van der Waals surface area contributed by atoms with Crippen LogP contribution in [0.15, 0.2) is 0 Å². The lowest BCUT2D eigenvalue weighted by Gasteiger charge is -2.22. The van der Waals surface area contributed by atoms with Gasteiger partial charge >= 0.3 is 0 Å². The van der Waals surface area contributed by atoms with Crippen LogP contribution in [0, 0.1) is 5.92 Å². The molecule has 1 heterocycles.